The fourth-order valence-electron chi connectivity index (χ4n) is 3.94. The molecule has 0 aliphatic carbocycles. The minimum absolute atomic E-state index is 0.0533. The number of Topliss-reactive ketones (excluding diaryl/α,β-unsaturated/α-hetero) is 1. The molecule has 4 rings (SSSR count). The van der Waals surface area contributed by atoms with Gasteiger partial charge in [-0.2, -0.15) is 0 Å². The van der Waals surface area contributed by atoms with Gasteiger partial charge in [-0.3, -0.25) is 9.20 Å². The maximum Gasteiger partial charge on any atom is 0.194 e. The van der Waals surface area contributed by atoms with Crippen LogP contribution in [0.5, 0.6) is 0 Å². The number of imidazole rings is 1. The Bertz CT molecular complexity index is 952. The second-order valence-electron chi connectivity index (χ2n) is 7.38. The Morgan fingerprint density at radius 1 is 1.22 bits per heavy atom. The van der Waals surface area contributed by atoms with Gasteiger partial charge in [0.15, 0.2) is 10.7 Å². The molecule has 0 radical (unpaired) electrons. The molecule has 0 N–H and O–H groups in total. The molecular formula is C21H24FN3OS. The molecule has 1 aliphatic heterocycles. The lowest BCUT2D eigenvalue weighted by Crippen LogP contribution is -2.37. The predicted molar refractivity (Wildman–Crippen MR) is 106 cm³/mol. The molecule has 3 heterocycles. The average Bonchev–Trinajstić information content (AvgIpc) is 3.15. The highest BCUT2D eigenvalue weighted by molar-refractivity contribution is 7.17. The minimum atomic E-state index is -0.299. The van der Waals surface area contributed by atoms with Gasteiger partial charge in [-0.25, -0.2) is 9.37 Å². The van der Waals surface area contributed by atoms with Crippen molar-refractivity contribution in [3.8, 4) is 0 Å². The molecule has 2 aromatic heterocycles. The lowest BCUT2D eigenvalue weighted by molar-refractivity contribution is 0.0841. The molecule has 27 heavy (non-hydrogen) atoms. The number of hydrogen-bond acceptors (Lipinski definition) is 4. The number of nitrogens with zero attached hydrogens (tertiary/aromatic N) is 3. The zero-order valence-corrected chi connectivity index (χ0v) is 16.6. The molecule has 0 atom stereocenters. The summed E-state index contributed by atoms with van der Waals surface area (Å²) in [6.45, 7) is 7.07. The van der Waals surface area contributed by atoms with Gasteiger partial charge in [0.05, 0.1) is 5.69 Å². The van der Waals surface area contributed by atoms with E-state index in [4.69, 9.17) is 0 Å². The first-order valence-corrected chi connectivity index (χ1v) is 10.3. The number of ketones is 1. The molecule has 142 valence electrons. The second-order valence-corrected chi connectivity index (χ2v) is 8.56. The van der Waals surface area contributed by atoms with E-state index in [1.807, 2.05) is 6.92 Å². The van der Waals surface area contributed by atoms with Crippen LogP contribution in [0, 0.1) is 25.6 Å². The van der Waals surface area contributed by atoms with Crippen LogP contribution in [0.2, 0.25) is 0 Å². The van der Waals surface area contributed by atoms with Crippen LogP contribution in [0.3, 0.4) is 0 Å². The van der Waals surface area contributed by atoms with E-state index in [2.05, 4.69) is 27.4 Å². The molecule has 0 saturated carbocycles. The van der Waals surface area contributed by atoms with Gasteiger partial charge in [-0.05, 0) is 64.0 Å². The Balaban J connectivity index is 1.33. The van der Waals surface area contributed by atoms with Crippen molar-refractivity contribution in [1.29, 1.82) is 0 Å². The lowest BCUT2D eigenvalue weighted by Gasteiger charge is -2.31. The van der Waals surface area contributed by atoms with Crippen LogP contribution in [-0.2, 0) is 6.42 Å². The number of carbonyl (C=O) groups excluding carboxylic acids is 1. The Labute approximate surface area is 162 Å². The number of benzene rings is 1. The molecule has 1 aliphatic rings. The number of hydrogen-bond donors (Lipinski definition) is 0. The summed E-state index contributed by atoms with van der Waals surface area (Å²) in [5.74, 6) is -0.0937. The number of piperidine rings is 1. The topological polar surface area (TPSA) is 37.6 Å². The molecule has 0 unspecified atom stereocenters. The van der Waals surface area contributed by atoms with Gasteiger partial charge in [0.2, 0.25) is 0 Å². The number of aryl methyl sites for hydroxylation is 2. The molecule has 0 spiro atoms. The molecule has 4 nitrogen and oxygen atoms in total. The van der Waals surface area contributed by atoms with Gasteiger partial charge in [-0.1, -0.05) is 0 Å². The van der Waals surface area contributed by atoms with E-state index in [-0.39, 0.29) is 17.5 Å². The third kappa shape index (κ3) is 3.82. The van der Waals surface area contributed by atoms with Crippen LogP contribution in [0.1, 0.15) is 39.5 Å². The van der Waals surface area contributed by atoms with Crippen molar-refractivity contribution in [3.05, 3.63) is 58.1 Å². The highest BCUT2D eigenvalue weighted by atomic mass is 32.1. The summed E-state index contributed by atoms with van der Waals surface area (Å²) in [5, 5.41) is 0. The third-order valence-electron chi connectivity index (χ3n) is 5.49. The minimum Gasteiger partial charge on any atom is -0.303 e. The number of rotatable bonds is 5. The van der Waals surface area contributed by atoms with Crippen molar-refractivity contribution >= 4 is 22.1 Å². The smallest absolute Gasteiger partial charge is 0.194 e. The van der Waals surface area contributed by atoms with Crippen molar-refractivity contribution in [1.82, 2.24) is 14.3 Å². The third-order valence-corrected chi connectivity index (χ3v) is 6.50. The van der Waals surface area contributed by atoms with Crippen molar-refractivity contribution in [3.63, 3.8) is 0 Å². The highest BCUT2D eigenvalue weighted by Crippen LogP contribution is 2.25. The van der Waals surface area contributed by atoms with E-state index in [0.717, 1.165) is 49.6 Å². The molecule has 0 bridgehead atoms. The van der Waals surface area contributed by atoms with E-state index in [9.17, 15) is 9.18 Å². The van der Waals surface area contributed by atoms with Crippen LogP contribution in [0.25, 0.3) is 4.96 Å². The number of aromatic nitrogens is 2. The number of carbonyl (C=O) groups is 1. The van der Waals surface area contributed by atoms with Crippen molar-refractivity contribution < 1.29 is 9.18 Å². The Kier molecular flexibility index (Phi) is 5.10. The van der Waals surface area contributed by atoms with E-state index >= 15 is 0 Å². The zero-order chi connectivity index (χ0) is 19.0. The van der Waals surface area contributed by atoms with Crippen LogP contribution in [0.15, 0.2) is 30.5 Å². The van der Waals surface area contributed by atoms with Crippen LogP contribution in [-0.4, -0.2) is 39.7 Å². The fourth-order valence-corrected chi connectivity index (χ4v) is 4.98. The van der Waals surface area contributed by atoms with Gasteiger partial charge in [0.1, 0.15) is 5.82 Å². The number of likely N-dealkylation sites (tertiary alicyclic amines) is 1. The maximum atomic E-state index is 13.0. The Hall–Kier alpha value is -2.05. The first-order chi connectivity index (χ1) is 13.0. The van der Waals surface area contributed by atoms with E-state index in [1.54, 1.807) is 23.5 Å². The summed E-state index contributed by atoms with van der Waals surface area (Å²) in [4.78, 5) is 22.0. The molecule has 1 saturated heterocycles. The van der Waals surface area contributed by atoms with Gasteiger partial charge in [-0.15, -0.1) is 11.3 Å². The van der Waals surface area contributed by atoms with Crippen molar-refractivity contribution in [2.75, 3.05) is 19.6 Å². The molecule has 1 fully saturated rings. The quantitative estimate of drug-likeness (QED) is 0.615. The van der Waals surface area contributed by atoms with E-state index in [1.165, 1.54) is 22.7 Å². The van der Waals surface area contributed by atoms with Crippen molar-refractivity contribution in [2.45, 2.75) is 33.1 Å². The van der Waals surface area contributed by atoms with E-state index in [0.29, 0.717) is 5.56 Å². The predicted octanol–water partition coefficient (Wildman–Crippen LogP) is 4.29. The molecule has 3 aromatic rings. The van der Waals surface area contributed by atoms with Gasteiger partial charge >= 0.3 is 0 Å². The molecule has 6 heteroatoms. The normalized spacial score (nSPS) is 16.3. The van der Waals surface area contributed by atoms with Gasteiger partial charge in [0.25, 0.3) is 0 Å². The molecule has 1 aromatic carbocycles. The number of halogens is 1. The lowest BCUT2D eigenvalue weighted by atomic mass is 9.89. The average molecular weight is 386 g/mol. The maximum absolute atomic E-state index is 13.0. The summed E-state index contributed by atoms with van der Waals surface area (Å²) >= 11 is 1.75. The zero-order valence-electron chi connectivity index (χ0n) is 15.7. The number of fused-ring (bicyclic) bond motifs is 1. The number of thiazole rings is 1. The Morgan fingerprint density at radius 3 is 2.63 bits per heavy atom. The summed E-state index contributed by atoms with van der Waals surface area (Å²) < 4.78 is 15.3. The van der Waals surface area contributed by atoms with Crippen molar-refractivity contribution in [2.24, 2.45) is 5.92 Å². The Morgan fingerprint density at radius 2 is 1.93 bits per heavy atom. The summed E-state index contributed by atoms with van der Waals surface area (Å²) in [6.07, 6.45) is 4.86. The molecular weight excluding hydrogens is 361 g/mol. The summed E-state index contributed by atoms with van der Waals surface area (Å²) in [5.41, 5.74) is 3.03. The molecule has 0 amide bonds. The van der Waals surface area contributed by atoms with E-state index < -0.39 is 0 Å². The van der Waals surface area contributed by atoms with Gasteiger partial charge < -0.3 is 4.90 Å². The standard InChI is InChI=1S/C21H24FN3OS/c1-14-13-25-19(15(2)27-21(25)23-14)9-12-24-10-7-17(8-11-24)20(26)16-3-5-18(22)6-4-16/h3-6,13,17H,7-12H2,1-2H3. The SMILES string of the molecule is Cc1cn2c(CCN3CCC(C(=O)c4ccc(F)cc4)CC3)c(C)sc2n1. The van der Waals surface area contributed by atoms with Crippen LogP contribution >= 0.6 is 11.3 Å². The first kappa shape index (κ1) is 18.3. The first-order valence-electron chi connectivity index (χ1n) is 9.47. The monoisotopic (exact) mass is 385 g/mol. The highest BCUT2D eigenvalue weighted by Gasteiger charge is 2.26. The van der Waals surface area contributed by atoms with Crippen LogP contribution < -0.4 is 0 Å². The van der Waals surface area contributed by atoms with Gasteiger partial charge in [0, 0.05) is 41.2 Å². The van der Waals surface area contributed by atoms with Crippen LogP contribution in [0.4, 0.5) is 4.39 Å². The summed E-state index contributed by atoms with van der Waals surface area (Å²) in [7, 11) is 0. The fraction of sp³-hybridized carbons (Fsp3) is 0.429. The summed E-state index contributed by atoms with van der Waals surface area (Å²) in [6, 6.07) is 5.93. The second kappa shape index (κ2) is 7.52. The largest absolute Gasteiger partial charge is 0.303 e.